The van der Waals surface area contributed by atoms with E-state index in [2.05, 4.69) is 19.9 Å². The number of rotatable bonds is 5. The highest BCUT2D eigenvalue weighted by Crippen LogP contribution is 2.60. The molecule has 0 radical (unpaired) electrons. The summed E-state index contributed by atoms with van der Waals surface area (Å²) in [4.78, 5) is 25.3. The van der Waals surface area contributed by atoms with E-state index in [1.807, 2.05) is 27.7 Å². The van der Waals surface area contributed by atoms with Crippen LogP contribution in [0.5, 0.6) is 0 Å². The summed E-state index contributed by atoms with van der Waals surface area (Å²) < 4.78 is 0. The lowest BCUT2D eigenvalue weighted by molar-refractivity contribution is -0.138. The molecule has 0 aromatic carbocycles. The smallest absolute Gasteiger partial charge is 0.237 e. The van der Waals surface area contributed by atoms with Crippen molar-refractivity contribution >= 4 is 11.8 Å². The number of nitrogens with zero attached hydrogens (tertiary/aromatic N) is 1. The van der Waals surface area contributed by atoms with Gasteiger partial charge in [-0.05, 0) is 39.0 Å². The number of amides is 2. The molecule has 1 fully saturated rings. The Morgan fingerprint density at radius 1 is 1.32 bits per heavy atom. The van der Waals surface area contributed by atoms with Crippen molar-refractivity contribution in [3.8, 4) is 0 Å². The Balaban J connectivity index is 2.88. The quantitative estimate of drug-likeness (QED) is 0.773. The summed E-state index contributed by atoms with van der Waals surface area (Å²) in [5.41, 5.74) is 6.42. The second kappa shape index (κ2) is 5.35. The average Bonchev–Trinajstić information content (AvgIpc) is 2.74. The zero-order valence-corrected chi connectivity index (χ0v) is 12.9. The van der Waals surface area contributed by atoms with Crippen molar-refractivity contribution in [3.05, 3.63) is 11.6 Å². The van der Waals surface area contributed by atoms with Gasteiger partial charge < -0.3 is 10.6 Å². The monoisotopic (exact) mass is 266 g/mol. The molecule has 4 heteroatoms. The van der Waals surface area contributed by atoms with E-state index in [1.54, 1.807) is 4.90 Å². The minimum Gasteiger partial charge on any atom is -0.368 e. The van der Waals surface area contributed by atoms with E-state index in [9.17, 15) is 9.59 Å². The molecule has 1 saturated carbocycles. The second-order valence-corrected chi connectivity index (χ2v) is 6.60. The first-order chi connectivity index (χ1) is 8.59. The molecular weight excluding hydrogens is 240 g/mol. The number of nitrogens with two attached hydrogens (primary N) is 1. The molecule has 2 amide bonds. The fourth-order valence-electron chi connectivity index (χ4n) is 2.68. The Bertz CT molecular complexity index is 406. The molecule has 108 valence electrons. The lowest BCUT2D eigenvalue weighted by Crippen LogP contribution is -2.44. The third-order valence-electron chi connectivity index (χ3n) is 3.92. The van der Waals surface area contributed by atoms with E-state index in [-0.39, 0.29) is 35.7 Å². The number of hydrogen-bond donors (Lipinski definition) is 1. The van der Waals surface area contributed by atoms with E-state index in [1.165, 1.54) is 5.57 Å². The number of allylic oxidation sites excluding steroid dienone is 2. The van der Waals surface area contributed by atoms with Crippen LogP contribution in [0.4, 0.5) is 0 Å². The molecule has 0 saturated heterocycles. The lowest BCUT2D eigenvalue weighted by Gasteiger charge is -2.26. The van der Waals surface area contributed by atoms with Crippen LogP contribution in [0.25, 0.3) is 0 Å². The fraction of sp³-hybridized carbons (Fsp3) is 0.733. The van der Waals surface area contributed by atoms with Crippen LogP contribution in [-0.2, 0) is 9.59 Å². The molecule has 1 aliphatic rings. The van der Waals surface area contributed by atoms with Crippen LogP contribution in [0.2, 0.25) is 0 Å². The Hall–Kier alpha value is -1.32. The molecule has 2 atom stereocenters. The molecule has 4 nitrogen and oxygen atoms in total. The molecule has 0 unspecified atom stereocenters. The van der Waals surface area contributed by atoms with Gasteiger partial charge in [-0.1, -0.05) is 25.5 Å². The number of carbonyl (C=O) groups is 2. The van der Waals surface area contributed by atoms with Crippen molar-refractivity contribution in [1.82, 2.24) is 4.90 Å². The predicted octanol–water partition coefficient (Wildman–Crippen LogP) is 1.95. The Labute approximate surface area is 116 Å². The third-order valence-corrected chi connectivity index (χ3v) is 3.92. The molecule has 1 aliphatic carbocycles. The molecule has 19 heavy (non-hydrogen) atoms. The van der Waals surface area contributed by atoms with Gasteiger partial charge in [-0.15, -0.1) is 0 Å². The summed E-state index contributed by atoms with van der Waals surface area (Å²) >= 11 is 0. The number of primary amides is 1. The Morgan fingerprint density at radius 3 is 2.21 bits per heavy atom. The van der Waals surface area contributed by atoms with E-state index in [0.29, 0.717) is 0 Å². The summed E-state index contributed by atoms with van der Waals surface area (Å²) in [5, 5.41) is 0. The number of carbonyl (C=O) groups excluding carboxylic acids is 2. The van der Waals surface area contributed by atoms with Gasteiger partial charge in [-0.2, -0.15) is 0 Å². The largest absolute Gasteiger partial charge is 0.368 e. The minimum absolute atomic E-state index is 0.00458. The maximum atomic E-state index is 12.6. The van der Waals surface area contributed by atoms with Gasteiger partial charge in [-0.25, -0.2) is 0 Å². The van der Waals surface area contributed by atoms with Crippen molar-refractivity contribution in [2.45, 2.75) is 47.6 Å². The molecule has 0 heterocycles. The van der Waals surface area contributed by atoms with Crippen molar-refractivity contribution in [2.24, 2.45) is 23.0 Å². The first-order valence-electron chi connectivity index (χ1n) is 6.82. The second-order valence-electron chi connectivity index (χ2n) is 6.60. The molecule has 0 aromatic heterocycles. The van der Waals surface area contributed by atoms with Gasteiger partial charge in [-0.3, -0.25) is 9.59 Å². The van der Waals surface area contributed by atoms with Crippen LogP contribution in [0.1, 0.15) is 41.5 Å². The summed E-state index contributed by atoms with van der Waals surface area (Å²) in [5.74, 6) is -0.191. The maximum absolute atomic E-state index is 12.6. The highest BCUT2D eigenvalue weighted by molar-refractivity contribution is 5.88. The Kier molecular flexibility index (Phi) is 4.43. The lowest BCUT2D eigenvalue weighted by atomic mass is 10.1. The van der Waals surface area contributed by atoms with Gasteiger partial charge in [0.1, 0.15) is 0 Å². The van der Waals surface area contributed by atoms with Crippen LogP contribution < -0.4 is 5.73 Å². The van der Waals surface area contributed by atoms with Crippen LogP contribution in [0.15, 0.2) is 11.6 Å². The molecule has 2 N–H and O–H groups in total. The predicted molar refractivity (Wildman–Crippen MR) is 76.2 cm³/mol. The van der Waals surface area contributed by atoms with Crippen LogP contribution in [0.3, 0.4) is 0 Å². The molecular formula is C15H26N2O2. The van der Waals surface area contributed by atoms with Crippen molar-refractivity contribution in [1.29, 1.82) is 0 Å². The first-order valence-corrected chi connectivity index (χ1v) is 6.82. The summed E-state index contributed by atoms with van der Waals surface area (Å²) in [6.07, 6.45) is 2.16. The van der Waals surface area contributed by atoms with Crippen LogP contribution in [-0.4, -0.2) is 29.3 Å². The third kappa shape index (κ3) is 3.37. The van der Waals surface area contributed by atoms with Crippen LogP contribution in [0, 0.1) is 17.3 Å². The van der Waals surface area contributed by atoms with Gasteiger partial charge in [0.05, 0.1) is 12.5 Å². The van der Waals surface area contributed by atoms with Crippen LogP contribution >= 0.6 is 0 Å². The highest BCUT2D eigenvalue weighted by atomic mass is 16.2. The molecule has 0 aliphatic heterocycles. The zero-order valence-electron chi connectivity index (χ0n) is 12.9. The van der Waals surface area contributed by atoms with E-state index in [4.69, 9.17) is 5.73 Å². The summed E-state index contributed by atoms with van der Waals surface area (Å²) in [6, 6.07) is -0.0104. The van der Waals surface area contributed by atoms with Gasteiger partial charge in [0, 0.05) is 6.04 Å². The molecule has 1 rings (SSSR count). The van der Waals surface area contributed by atoms with Gasteiger partial charge >= 0.3 is 0 Å². The van der Waals surface area contributed by atoms with Gasteiger partial charge in [0.25, 0.3) is 0 Å². The first kappa shape index (κ1) is 15.7. The SMILES string of the molecule is CC(C)=C[C@H]1[C@@H](C(=O)N(CC(N)=O)C(C)C)C1(C)C. The van der Waals surface area contributed by atoms with E-state index >= 15 is 0 Å². The standard InChI is InChI=1S/C15H26N2O2/c1-9(2)7-11-13(15(11,5)6)14(19)17(10(3)4)8-12(16)18/h7,10-11,13H,8H2,1-6H3,(H2,16,18)/t11-,13-/m0/s1. The fourth-order valence-corrected chi connectivity index (χ4v) is 2.68. The zero-order chi connectivity index (χ0) is 15.0. The van der Waals surface area contributed by atoms with Gasteiger partial charge in [0.15, 0.2) is 0 Å². The molecule has 0 bridgehead atoms. The normalized spacial score (nSPS) is 23.9. The number of hydrogen-bond acceptors (Lipinski definition) is 2. The Morgan fingerprint density at radius 2 is 1.84 bits per heavy atom. The molecule has 0 aromatic rings. The van der Waals surface area contributed by atoms with Crippen molar-refractivity contribution in [2.75, 3.05) is 6.54 Å². The van der Waals surface area contributed by atoms with E-state index in [0.717, 1.165) is 0 Å². The van der Waals surface area contributed by atoms with Crippen molar-refractivity contribution < 1.29 is 9.59 Å². The molecule has 0 spiro atoms. The highest BCUT2D eigenvalue weighted by Gasteiger charge is 2.61. The van der Waals surface area contributed by atoms with Crippen molar-refractivity contribution in [3.63, 3.8) is 0 Å². The summed E-state index contributed by atoms with van der Waals surface area (Å²) in [6.45, 7) is 12.1. The average molecular weight is 266 g/mol. The van der Waals surface area contributed by atoms with Gasteiger partial charge in [0.2, 0.25) is 11.8 Å². The van der Waals surface area contributed by atoms with E-state index < -0.39 is 5.91 Å². The summed E-state index contributed by atoms with van der Waals surface area (Å²) in [7, 11) is 0. The maximum Gasteiger partial charge on any atom is 0.237 e. The minimum atomic E-state index is -0.459. The topological polar surface area (TPSA) is 63.4 Å².